The van der Waals surface area contributed by atoms with Crippen LogP contribution in [0, 0.1) is 5.82 Å². The molecule has 0 aromatic carbocycles. The highest BCUT2D eigenvalue weighted by Crippen LogP contribution is 2.28. The molecular formula is C16H17FN4O. The van der Waals surface area contributed by atoms with Crippen LogP contribution in [0.5, 0.6) is 0 Å². The number of carbonyl (C=O) groups excluding carboxylic acids is 1. The van der Waals surface area contributed by atoms with Crippen LogP contribution in [0.4, 0.5) is 4.39 Å². The van der Waals surface area contributed by atoms with Gasteiger partial charge in [0.2, 0.25) is 0 Å². The number of H-pyrrole nitrogens is 1. The highest BCUT2D eigenvalue weighted by Gasteiger charge is 2.39. The quantitative estimate of drug-likeness (QED) is 0.810. The van der Waals surface area contributed by atoms with E-state index >= 15 is 0 Å². The molecule has 3 atom stereocenters. The monoisotopic (exact) mass is 300 g/mol. The van der Waals surface area contributed by atoms with Crippen molar-refractivity contribution in [3.8, 4) is 11.4 Å². The number of hydrogen-bond acceptors (Lipinski definition) is 3. The molecule has 0 unspecified atom stereocenters. The predicted molar refractivity (Wildman–Crippen MR) is 79.8 cm³/mol. The van der Waals surface area contributed by atoms with Crippen molar-refractivity contribution in [3.05, 3.63) is 42.0 Å². The van der Waals surface area contributed by atoms with Gasteiger partial charge in [-0.25, -0.2) is 4.39 Å². The lowest BCUT2D eigenvalue weighted by Gasteiger charge is -2.21. The normalized spacial score (nSPS) is 26.3. The third-order valence-corrected chi connectivity index (χ3v) is 4.55. The first-order valence-corrected chi connectivity index (χ1v) is 7.57. The number of nitrogens with zero attached hydrogens (tertiary/aromatic N) is 1. The number of fused-ring (bicyclic) bond motifs is 2. The van der Waals surface area contributed by atoms with Crippen molar-refractivity contribution in [1.82, 2.24) is 20.6 Å². The van der Waals surface area contributed by atoms with E-state index in [-0.39, 0.29) is 17.8 Å². The maximum absolute atomic E-state index is 13.2. The Kier molecular flexibility index (Phi) is 3.18. The zero-order valence-corrected chi connectivity index (χ0v) is 12.0. The number of pyridine rings is 1. The zero-order valence-electron chi connectivity index (χ0n) is 12.0. The standard InChI is InChI=1S/C16H17FN4O/c17-9-5-6-18-14(7-9)11-3-4-13(20-11)16(22)21-15-8-10-1-2-12(15)19-10/h3-7,10,12,15,19-20H,1-2,8H2,(H,21,22)/t10-,12+,15-/m1/s1. The smallest absolute Gasteiger partial charge is 0.267 e. The number of amides is 1. The van der Waals surface area contributed by atoms with E-state index in [1.165, 1.54) is 24.8 Å². The molecule has 0 radical (unpaired) electrons. The molecule has 0 aliphatic carbocycles. The van der Waals surface area contributed by atoms with E-state index in [1.807, 2.05) is 0 Å². The highest BCUT2D eigenvalue weighted by molar-refractivity contribution is 5.93. The second kappa shape index (κ2) is 5.21. The third-order valence-electron chi connectivity index (χ3n) is 4.55. The average Bonchev–Trinajstić information content (AvgIpc) is 3.23. The third kappa shape index (κ3) is 2.39. The fraction of sp³-hybridized carbons (Fsp3) is 0.375. The minimum atomic E-state index is -0.348. The number of hydrogen-bond donors (Lipinski definition) is 3. The van der Waals surface area contributed by atoms with Crippen LogP contribution in [-0.2, 0) is 0 Å². The fourth-order valence-corrected chi connectivity index (χ4v) is 3.46. The van der Waals surface area contributed by atoms with E-state index in [1.54, 1.807) is 12.1 Å². The number of nitrogens with one attached hydrogen (secondary N) is 3. The van der Waals surface area contributed by atoms with Crippen molar-refractivity contribution in [1.29, 1.82) is 0 Å². The van der Waals surface area contributed by atoms with Crippen LogP contribution in [-0.4, -0.2) is 34.0 Å². The molecule has 2 aliphatic rings. The Balaban J connectivity index is 1.48. The lowest BCUT2D eigenvalue weighted by molar-refractivity contribution is 0.0926. The van der Waals surface area contributed by atoms with E-state index in [0.29, 0.717) is 29.2 Å². The Morgan fingerprint density at radius 1 is 1.32 bits per heavy atom. The SMILES string of the molecule is O=C(N[C@@H]1C[C@H]2CC[C@@H]1N2)c1ccc(-c2cc(F)ccn2)[nH]1. The van der Waals surface area contributed by atoms with Gasteiger partial charge in [0, 0.05) is 30.4 Å². The molecule has 2 saturated heterocycles. The van der Waals surface area contributed by atoms with Gasteiger partial charge in [-0.3, -0.25) is 9.78 Å². The first-order valence-electron chi connectivity index (χ1n) is 7.57. The van der Waals surface area contributed by atoms with Crippen LogP contribution in [0.15, 0.2) is 30.5 Å². The Hall–Kier alpha value is -2.21. The molecular weight excluding hydrogens is 283 g/mol. The predicted octanol–water partition coefficient (Wildman–Crippen LogP) is 1.84. The minimum Gasteiger partial charge on any atom is -0.349 e. The summed E-state index contributed by atoms with van der Waals surface area (Å²) in [5.74, 6) is -0.472. The lowest BCUT2D eigenvalue weighted by Crippen LogP contribution is -2.43. The van der Waals surface area contributed by atoms with Gasteiger partial charge < -0.3 is 15.6 Å². The number of carbonyl (C=O) groups is 1. The number of aromatic nitrogens is 2. The van der Waals surface area contributed by atoms with E-state index in [0.717, 1.165) is 12.8 Å². The second-order valence-corrected chi connectivity index (χ2v) is 6.01. The number of halogens is 1. The first-order chi connectivity index (χ1) is 10.7. The molecule has 0 spiro atoms. The largest absolute Gasteiger partial charge is 0.349 e. The molecule has 5 nitrogen and oxygen atoms in total. The second-order valence-electron chi connectivity index (χ2n) is 6.01. The topological polar surface area (TPSA) is 69.8 Å². The molecule has 2 bridgehead atoms. The van der Waals surface area contributed by atoms with Gasteiger partial charge in [-0.05, 0) is 37.5 Å². The van der Waals surface area contributed by atoms with Crippen LogP contribution in [0.3, 0.4) is 0 Å². The van der Waals surface area contributed by atoms with Crippen LogP contribution in [0.25, 0.3) is 11.4 Å². The minimum absolute atomic E-state index is 0.123. The molecule has 4 rings (SSSR count). The van der Waals surface area contributed by atoms with Crippen molar-refractivity contribution >= 4 is 5.91 Å². The molecule has 2 aliphatic heterocycles. The molecule has 114 valence electrons. The molecule has 2 aromatic rings. The summed E-state index contributed by atoms with van der Waals surface area (Å²) in [6, 6.07) is 7.23. The van der Waals surface area contributed by atoms with Crippen molar-refractivity contribution in [2.24, 2.45) is 0 Å². The summed E-state index contributed by atoms with van der Waals surface area (Å²) in [5.41, 5.74) is 1.60. The van der Waals surface area contributed by atoms with Crippen molar-refractivity contribution in [2.75, 3.05) is 0 Å². The van der Waals surface area contributed by atoms with Crippen LogP contribution >= 0.6 is 0 Å². The van der Waals surface area contributed by atoms with E-state index < -0.39 is 0 Å². The van der Waals surface area contributed by atoms with Crippen LogP contribution < -0.4 is 10.6 Å². The highest BCUT2D eigenvalue weighted by atomic mass is 19.1. The van der Waals surface area contributed by atoms with Crippen LogP contribution in [0.2, 0.25) is 0 Å². The van der Waals surface area contributed by atoms with Crippen LogP contribution in [0.1, 0.15) is 29.8 Å². The summed E-state index contributed by atoms with van der Waals surface area (Å²) < 4.78 is 13.2. The summed E-state index contributed by atoms with van der Waals surface area (Å²) in [4.78, 5) is 19.4. The van der Waals surface area contributed by atoms with Gasteiger partial charge in [-0.2, -0.15) is 0 Å². The Labute approximate surface area is 127 Å². The number of aromatic amines is 1. The molecule has 4 heterocycles. The average molecular weight is 300 g/mol. The summed E-state index contributed by atoms with van der Waals surface area (Å²) >= 11 is 0. The Bertz CT molecular complexity index is 714. The summed E-state index contributed by atoms with van der Waals surface area (Å²) in [7, 11) is 0. The van der Waals surface area contributed by atoms with E-state index in [4.69, 9.17) is 0 Å². The van der Waals surface area contributed by atoms with E-state index in [9.17, 15) is 9.18 Å². The molecule has 2 fully saturated rings. The van der Waals surface area contributed by atoms with Gasteiger partial charge in [-0.1, -0.05) is 0 Å². The van der Waals surface area contributed by atoms with Gasteiger partial charge in [-0.15, -0.1) is 0 Å². The molecule has 0 saturated carbocycles. The first kappa shape index (κ1) is 13.5. The molecule has 2 aromatic heterocycles. The maximum atomic E-state index is 13.2. The fourth-order valence-electron chi connectivity index (χ4n) is 3.46. The van der Waals surface area contributed by atoms with Gasteiger partial charge in [0.15, 0.2) is 0 Å². The molecule has 3 N–H and O–H groups in total. The Morgan fingerprint density at radius 2 is 2.23 bits per heavy atom. The van der Waals surface area contributed by atoms with Crippen molar-refractivity contribution < 1.29 is 9.18 Å². The van der Waals surface area contributed by atoms with Crippen molar-refractivity contribution in [3.63, 3.8) is 0 Å². The van der Waals surface area contributed by atoms with Gasteiger partial charge in [0.05, 0.1) is 11.4 Å². The lowest BCUT2D eigenvalue weighted by atomic mass is 9.95. The summed E-state index contributed by atoms with van der Waals surface area (Å²) in [5, 5.41) is 6.57. The summed E-state index contributed by atoms with van der Waals surface area (Å²) in [6.07, 6.45) is 4.73. The molecule has 22 heavy (non-hydrogen) atoms. The van der Waals surface area contributed by atoms with Gasteiger partial charge in [0.25, 0.3) is 5.91 Å². The van der Waals surface area contributed by atoms with Crippen molar-refractivity contribution in [2.45, 2.75) is 37.4 Å². The summed E-state index contributed by atoms with van der Waals surface area (Å²) in [6.45, 7) is 0. The van der Waals surface area contributed by atoms with Gasteiger partial charge in [0.1, 0.15) is 11.5 Å². The maximum Gasteiger partial charge on any atom is 0.267 e. The van der Waals surface area contributed by atoms with E-state index in [2.05, 4.69) is 20.6 Å². The molecule has 1 amide bonds. The molecule has 6 heteroatoms. The van der Waals surface area contributed by atoms with Gasteiger partial charge >= 0.3 is 0 Å². The number of rotatable bonds is 3. The zero-order chi connectivity index (χ0) is 15.1. The Morgan fingerprint density at radius 3 is 2.95 bits per heavy atom.